The molecule has 0 amide bonds. The Kier molecular flexibility index (Phi) is 4.29. The molecule has 4 aromatic rings. The van der Waals surface area contributed by atoms with Crippen LogP contribution in [-0.4, -0.2) is 19.9 Å². The fraction of sp³-hybridized carbons (Fsp3) is 0. The normalized spacial score (nSPS) is 11.7. The Morgan fingerprint density at radius 2 is 1.65 bits per heavy atom. The van der Waals surface area contributed by atoms with Gasteiger partial charge in [0.15, 0.2) is 11.6 Å². The molecule has 0 radical (unpaired) electrons. The Labute approximate surface area is 154 Å². The van der Waals surface area contributed by atoms with E-state index in [1.165, 1.54) is 0 Å². The lowest BCUT2D eigenvalue weighted by Crippen LogP contribution is -2.10. The number of fused-ring (bicyclic) bond motifs is 1. The Bertz CT molecular complexity index is 1150. The first-order valence-corrected chi connectivity index (χ1v) is 8.32. The van der Waals surface area contributed by atoms with E-state index in [1.54, 1.807) is 36.7 Å². The van der Waals surface area contributed by atoms with E-state index in [0.717, 1.165) is 5.56 Å². The van der Waals surface area contributed by atoms with Crippen molar-refractivity contribution in [1.82, 2.24) is 19.9 Å². The molecule has 0 spiro atoms. The van der Waals surface area contributed by atoms with Gasteiger partial charge in [0.1, 0.15) is 0 Å². The Morgan fingerprint density at radius 3 is 2.42 bits per heavy atom. The van der Waals surface area contributed by atoms with Crippen LogP contribution in [0.1, 0.15) is 11.4 Å². The summed E-state index contributed by atoms with van der Waals surface area (Å²) in [4.78, 5) is 28.0. The molecule has 5 nitrogen and oxygen atoms in total. The zero-order chi connectivity index (χ0) is 17.9. The first kappa shape index (κ1) is 16.2. The van der Waals surface area contributed by atoms with Crippen molar-refractivity contribution in [1.29, 1.82) is 0 Å². The third-order valence-corrected chi connectivity index (χ3v) is 4.12. The van der Waals surface area contributed by atoms with Gasteiger partial charge in [-0.25, -0.2) is 15.0 Å². The highest BCUT2D eigenvalue weighted by Crippen LogP contribution is 2.20. The molecule has 0 saturated heterocycles. The van der Waals surface area contributed by atoms with Crippen LogP contribution in [0.2, 0.25) is 0 Å². The quantitative estimate of drug-likeness (QED) is 0.596. The van der Waals surface area contributed by atoms with E-state index in [0.29, 0.717) is 33.1 Å². The summed E-state index contributed by atoms with van der Waals surface area (Å²) < 4.78 is 0. The number of para-hydroxylation sites is 1. The Morgan fingerprint density at radius 1 is 0.962 bits per heavy atom. The maximum atomic E-state index is 12.2. The number of nitrogens with zero attached hydrogens (tertiary/aromatic N) is 3. The highest BCUT2D eigenvalue weighted by atomic mass is 35.5. The van der Waals surface area contributed by atoms with Crippen molar-refractivity contribution >= 4 is 33.6 Å². The van der Waals surface area contributed by atoms with Crippen LogP contribution < -0.4 is 5.56 Å². The molecule has 126 valence electrons. The smallest absolute Gasteiger partial charge is 0.259 e. The summed E-state index contributed by atoms with van der Waals surface area (Å²) in [5.74, 6) is 0.943. The Hall–Kier alpha value is -3.31. The molecule has 0 aliphatic carbocycles. The highest BCUT2D eigenvalue weighted by molar-refractivity contribution is 6.50. The monoisotopic (exact) mass is 360 g/mol. The first-order valence-electron chi connectivity index (χ1n) is 7.95. The van der Waals surface area contributed by atoms with Crippen LogP contribution >= 0.6 is 11.6 Å². The van der Waals surface area contributed by atoms with Crippen LogP contribution in [0.15, 0.2) is 71.8 Å². The van der Waals surface area contributed by atoms with Gasteiger partial charge in [0.25, 0.3) is 5.56 Å². The lowest BCUT2D eigenvalue weighted by atomic mass is 10.2. The van der Waals surface area contributed by atoms with Crippen molar-refractivity contribution < 1.29 is 0 Å². The second-order valence-corrected chi connectivity index (χ2v) is 6.04. The highest BCUT2D eigenvalue weighted by Gasteiger charge is 2.07. The van der Waals surface area contributed by atoms with Crippen molar-refractivity contribution in [2.45, 2.75) is 0 Å². The van der Waals surface area contributed by atoms with Crippen molar-refractivity contribution in [3.63, 3.8) is 0 Å². The van der Waals surface area contributed by atoms with Crippen LogP contribution in [-0.2, 0) is 0 Å². The summed E-state index contributed by atoms with van der Waals surface area (Å²) in [6, 6.07) is 16.8. The summed E-state index contributed by atoms with van der Waals surface area (Å²) in [7, 11) is 0. The third-order valence-electron chi connectivity index (χ3n) is 3.84. The average Bonchev–Trinajstić information content (AvgIpc) is 2.69. The molecule has 0 atom stereocenters. The lowest BCUT2D eigenvalue weighted by Gasteiger charge is -2.03. The number of aromatic nitrogens is 4. The number of H-pyrrole nitrogens is 1. The van der Waals surface area contributed by atoms with Gasteiger partial charge in [-0.15, -0.1) is 0 Å². The third kappa shape index (κ3) is 3.25. The SMILES string of the molecule is O=c1[nH]c(/C(Cl)=C/c2cnc(-c3ccccc3)nc2)nc2ccccc12. The number of benzene rings is 2. The number of hydrogen-bond acceptors (Lipinski definition) is 4. The summed E-state index contributed by atoms with van der Waals surface area (Å²) >= 11 is 6.34. The number of rotatable bonds is 3. The van der Waals surface area contributed by atoms with Gasteiger partial charge >= 0.3 is 0 Å². The number of aromatic amines is 1. The van der Waals surface area contributed by atoms with Crippen LogP contribution in [0.5, 0.6) is 0 Å². The molecule has 0 aliphatic heterocycles. The lowest BCUT2D eigenvalue weighted by molar-refractivity contribution is 1.13. The number of hydrogen-bond donors (Lipinski definition) is 1. The van der Waals surface area contributed by atoms with Crippen LogP contribution in [0.25, 0.3) is 33.4 Å². The van der Waals surface area contributed by atoms with Crippen molar-refractivity contribution in [3.8, 4) is 11.4 Å². The molecule has 2 heterocycles. The Balaban J connectivity index is 1.67. The molecule has 0 fully saturated rings. The predicted octanol–water partition coefficient (Wildman–Crippen LogP) is 4.12. The van der Waals surface area contributed by atoms with E-state index in [4.69, 9.17) is 11.6 Å². The van der Waals surface area contributed by atoms with E-state index in [2.05, 4.69) is 19.9 Å². The maximum absolute atomic E-state index is 12.2. The van der Waals surface area contributed by atoms with E-state index in [9.17, 15) is 4.79 Å². The standard InChI is InChI=1S/C20H13ClN4O/c21-16(19-24-17-9-5-4-8-15(17)20(26)25-19)10-13-11-22-18(23-12-13)14-6-2-1-3-7-14/h1-12H,(H,24,25,26)/b16-10-. The fourth-order valence-corrected chi connectivity index (χ4v) is 2.78. The van der Waals surface area contributed by atoms with Crippen molar-refractivity contribution in [2.24, 2.45) is 0 Å². The molecule has 4 rings (SSSR count). The van der Waals surface area contributed by atoms with Gasteiger partial charge in [0.05, 0.1) is 15.9 Å². The van der Waals surface area contributed by atoms with Gasteiger partial charge in [-0.3, -0.25) is 4.79 Å². The molecule has 0 unspecified atom stereocenters. The zero-order valence-electron chi connectivity index (χ0n) is 13.6. The van der Waals surface area contributed by atoms with Crippen molar-refractivity contribution in [2.75, 3.05) is 0 Å². The number of halogens is 1. The molecule has 2 aromatic carbocycles. The van der Waals surface area contributed by atoms with E-state index < -0.39 is 0 Å². The molecule has 0 saturated carbocycles. The molecule has 0 aliphatic rings. The molecular weight excluding hydrogens is 348 g/mol. The predicted molar refractivity (Wildman–Crippen MR) is 104 cm³/mol. The van der Waals surface area contributed by atoms with Gasteiger partial charge in [-0.1, -0.05) is 54.1 Å². The fourth-order valence-electron chi connectivity index (χ4n) is 2.56. The van der Waals surface area contributed by atoms with Crippen LogP contribution in [0.3, 0.4) is 0 Å². The molecule has 0 bridgehead atoms. The summed E-state index contributed by atoms with van der Waals surface area (Å²) in [6.07, 6.45) is 5.02. The van der Waals surface area contributed by atoms with Gasteiger partial charge in [0, 0.05) is 23.5 Å². The number of nitrogens with one attached hydrogen (secondary N) is 1. The van der Waals surface area contributed by atoms with E-state index in [-0.39, 0.29) is 5.56 Å². The molecular formula is C20H13ClN4O. The summed E-state index contributed by atoms with van der Waals surface area (Å²) in [5.41, 5.74) is 2.02. The summed E-state index contributed by atoms with van der Waals surface area (Å²) in [5, 5.41) is 0.833. The second kappa shape index (κ2) is 6.90. The maximum Gasteiger partial charge on any atom is 0.259 e. The molecule has 2 aromatic heterocycles. The van der Waals surface area contributed by atoms with E-state index >= 15 is 0 Å². The minimum absolute atomic E-state index is 0.229. The van der Waals surface area contributed by atoms with Gasteiger partial charge in [0.2, 0.25) is 0 Å². The van der Waals surface area contributed by atoms with Gasteiger partial charge < -0.3 is 4.98 Å². The van der Waals surface area contributed by atoms with Gasteiger partial charge in [-0.2, -0.15) is 0 Å². The molecule has 6 heteroatoms. The largest absolute Gasteiger partial charge is 0.305 e. The topological polar surface area (TPSA) is 71.5 Å². The minimum atomic E-state index is -0.229. The summed E-state index contributed by atoms with van der Waals surface area (Å²) in [6.45, 7) is 0. The average molecular weight is 361 g/mol. The van der Waals surface area contributed by atoms with E-state index in [1.807, 2.05) is 36.4 Å². The van der Waals surface area contributed by atoms with Crippen molar-refractivity contribution in [3.05, 3.63) is 88.7 Å². The second-order valence-electron chi connectivity index (χ2n) is 5.63. The zero-order valence-corrected chi connectivity index (χ0v) is 14.3. The molecule has 26 heavy (non-hydrogen) atoms. The van der Waals surface area contributed by atoms with Crippen LogP contribution in [0.4, 0.5) is 0 Å². The van der Waals surface area contributed by atoms with Crippen LogP contribution in [0, 0.1) is 0 Å². The minimum Gasteiger partial charge on any atom is -0.305 e. The van der Waals surface area contributed by atoms with Gasteiger partial charge in [-0.05, 0) is 18.2 Å². The molecule has 1 N–H and O–H groups in total. The first-order chi connectivity index (χ1) is 12.7.